The fourth-order valence-corrected chi connectivity index (χ4v) is 2.61. The summed E-state index contributed by atoms with van der Waals surface area (Å²) < 4.78 is 1.63. The van der Waals surface area contributed by atoms with Crippen molar-refractivity contribution in [1.29, 1.82) is 0 Å². The number of nitrogens with zero attached hydrogens (tertiary/aromatic N) is 4. The van der Waals surface area contributed by atoms with Crippen LogP contribution in [0.2, 0.25) is 0 Å². The molecule has 0 spiro atoms. The van der Waals surface area contributed by atoms with Crippen LogP contribution in [0.4, 0.5) is 0 Å². The van der Waals surface area contributed by atoms with Crippen LogP contribution in [-0.4, -0.2) is 43.1 Å². The van der Waals surface area contributed by atoms with Crippen LogP contribution in [0.1, 0.15) is 19.7 Å². The second-order valence-corrected chi connectivity index (χ2v) is 6.11. The summed E-state index contributed by atoms with van der Waals surface area (Å²) in [6.45, 7) is 4.31. The molecule has 0 aliphatic heterocycles. The molecule has 3 aromatic rings. The maximum absolute atomic E-state index is 12.4. The molecule has 0 aliphatic rings. The molecule has 0 fully saturated rings. The van der Waals surface area contributed by atoms with Crippen molar-refractivity contribution in [2.24, 2.45) is 5.73 Å². The zero-order chi connectivity index (χ0) is 18.0. The Balaban J connectivity index is 2.03. The number of nitrogens with two attached hydrogens (primary N) is 1. The highest BCUT2D eigenvalue weighted by Crippen LogP contribution is 2.14. The molecule has 0 saturated carbocycles. The number of para-hydroxylation sites is 1. The zero-order valence-corrected chi connectivity index (χ0v) is 14.1. The Labute approximate surface area is 144 Å². The molecule has 0 saturated heterocycles. The van der Waals surface area contributed by atoms with E-state index in [2.05, 4.69) is 15.1 Å². The molecule has 2 heterocycles. The lowest BCUT2D eigenvalue weighted by molar-refractivity contribution is -0.119. The first-order chi connectivity index (χ1) is 12.0. The monoisotopic (exact) mass is 340 g/mol. The molecule has 1 amide bonds. The van der Waals surface area contributed by atoms with Crippen LogP contribution in [0.3, 0.4) is 0 Å². The van der Waals surface area contributed by atoms with Gasteiger partial charge in [0.1, 0.15) is 11.2 Å². The van der Waals surface area contributed by atoms with E-state index in [0.29, 0.717) is 23.4 Å². The van der Waals surface area contributed by atoms with Crippen LogP contribution in [-0.2, 0) is 11.3 Å². The molecule has 8 heteroatoms. The van der Waals surface area contributed by atoms with E-state index in [0.717, 1.165) is 5.69 Å². The Morgan fingerprint density at radius 1 is 1.32 bits per heavy atom. The summed E-state index contributed by atoms with van der Waals surface area (Å²) >= 11 is 0. The first kappa shape index (κ1) is 16.8. The van der Waals surface area contributed by atoms with E-state index in [4.69, 9.17) is 5.73 Å². The van der Waals surface area contributed by atoms with Gasteiger partial charge in [-0.2, -0.15) is 5.10 Å². The van der Waals surface area contributed by atoms with Gasteiger partial charge in [-0.25, -0.2) is 9.67 Å². The first-order valence-corrected chi connectivity index (χ1v) is 8.00. The normalized spacial score (nSPS) is 11.5. The Kier molecular flexibility index (Phi) is 4.62. The van der Waals surface area contributed by atoms with Crippen LogP contribution in [0, 0.1) is 0 Å². The van der Waals surface area contributed by atoms with Gasteiger partial charge in [0.2, 0.25) is 5.91 Å². The van der Waals surface area contributed by atoms with E-state index < -0.39 is 5.91 Å². The number of benzene rings is 1. The maximum atomic E-state index is 12.4. The predicted molar refractivity (Wildman–Crippen MR) is 94.2 cm³/mol. The van der Waals surface area contributed by atoms with Crippen molar-refractivity contribution in [2.45, 2.75) is 26.4 Å². The highest BCUT2D eigenvalue weighted by Gasteiger charge is 2.16. The van der Waals surface area contributed by atoms with Gasteiger partial charge >= 0.3 is 0 Å². The maximum Gasteiger partial charge on any atom is 0.262 e. The van der Waals surface area contributed by atoms with Gasteiger partial charge in [0.15, 0.2) is 5.65 Å². The lowest BCUT2D eigenvalue weighted by atomic mass is 10.3. The van der Waals surface area contributed by atoms with E-state index in [1.165, 1.54) is 6.20 Å². The number of primary amides is 1. The summed E-state index contributed by atoms with van der Waals surface area (Å²) in [5.41, 5.74) is 6.34. The highest BCUT2D eigenvalue weighted by molar-refractivity contribution is 5.76. The van der Waals surface area contributed by atoms with Crippen LogP contribution in [0.25, 0.3) is 16.7 Å². The lowest BCUT2D eigenvalue weighted by Crippen LogP contribution is -2.38. The van der Waals surface area contributed by atoms with Crippen LogP contribution in [0.5, 0.6) is 0 Å². The number of hydrogen-bond donors (Lipinski definition) is 2. The number of carbonyl (C=O) groups excluding carboxylic acids is 1. The molecule has 0 unspecified atom stereocenters. The molecule has 1 aromatic carbocycles. The van der Waals surface area contributed by atoms with Crippen LogP contribution in [0.15, 0.2) is 41.3 Å². The van der Waals surface area contributed by atoms with Crippen molar-refractivity contribution in [3.05, 3.63) is 52.7 Å². The first-order valence-electron chi connectivity index (χ1n) is 8.00. The van der Waals surface area contributed by atoms with Crippen LogP contribution < -0.4 is 11.3 Å². The molecular formula is C17H20N6O2. The van der Waals surface area contributed by atoms with Crippen molar-refractivity contribution in [3.8, 4) is 5.69 Å². The van der Waals surface area contributed by atoms with Crippen molar-refractivity contribution in [1.82, 2.24) is 24.6 Å². The van der Waals surface area contributed by atoms with Gasteiger partial charge < -0.3 is 10.7 Å². The number of fused-ring (bicyclic) bond motifs is 1. The number of rotatable bonds is 6. The SMILES string of the molecule is CC(C)N(CC(N)=O)Cc1nc2c(cnn2-c2ccccc2)c(=O)[nH]1. The third-order valence-electron chi connectivity index (χ3n) is 3.93. The quantitative estimate of drug-likeness (QED) is 0.690. The lowest BCUT2D eigenvalue weighted by Gasteiger charge is -2.24. The third-order valence-corrected chi connectivity index (χ3v) is 3.93. The molecule has 0 aliphatic carbocycles. The van der Waals surface area contributed by atoms with Crippen molar-refractivity contribution < 1.29 is 4.79 Å². The van der Waals surface area contributed by atoms with Gasteiger partial charge in [-0.15, -0.1) is 0 Å². The summed E-state index contributed by atoms with van der Waals surface area (Å²) in [4.78, 5) is 32.8. The van der Waals surface area contributed by atoms with Crippen molar-refractivity contribution in [3.63, 3.8) is 0 Å². The Morgan fingerprint density at radius 3 is 2.68 bits per heavy atom. The fourth-order valence-electron chi connectivity index (χ4n) is 2.61. The zero-order valence-electron chi connectivity index (χ0n) is 14.1. The predicted octanol–water partition coefficient (Wildman–Crippen LogP) is 0.804. The molecule has 130 valence electrons. The van der Waals surface area contributed by atoms with E-state index in [1.54, 1.807) is 4.68 Å². The summed E-state index contributed by atoms with van der Waals surface area (Å²) in [6, 6.07) is 9.55. The molecular weight excluding hydrogens is 320 g/mol. The van der Waals surface area contributed by atoms with Gasteiger partial charge in [-0.3, -0.25) is 14.5 Å². The third kappa shape index (κ3) is 3.58. The van der Waals surface area contributed by atoms with Gasteiger partial charge in [0.05, 0.1) is 25.0 Å². The van der Waals surface area contributed by atoms with Gasteiger partial charge in [-0.05, 0) is 26.0 Å². The van der Waals surface area contributed by atoms with E-state index in [-0.39, 0.29) is 18.1 Å². The van der Waals surface area contributed by atoms with Gasteiger partial charge in [-0.1, -0.05) is 18.2 Å². The molecule has 0 atom stereocenters. The molecule has 0 bridgehead atoms. The molecule has 3 N–H and O–H groups in total. The second-order valence-electron chi connectivity index (χ2n) is 6.11. The Morgan fingerprint density at radius 2 is 2.04 bits per heavy atom. The average Bonchev–Trinajstić information content (AvgIpc) is 2.99. The van der Waals surface area contributed by atoms with Crippen LogP contribution >= 0.6 is 0 Å². The van der Waals surface area contributed by atoms with Crippen molar-refractivity contribution in [2.75, 3.05) is 6.54 Å². The second kappa shape index (κ2) is 6.86. The van der Waals surface area contributed by atoms with E-state index in [9.17, 15) is 9.59 Å². The molecule has 2 aromatic heterocycles. The smallest absolute Gasteiger partial charge is 0.262 e. The number of amides is 1. The van der Waals surface area contributed by atoms with Crippen molar-refractivity contribution >= 4 is 16.9 Å². The summed E-state index contributed by atoms with van der Waals surface area (Å²) in [5, 5.41) is 4.69. The molecule has 3 rings (SSSR count). The fraction of sp³-hybridized carbons (Fsp3) is 0.294. The number of H-pyrrole nitrogens is 1. The highest BCUT2D eigenvalue weighted by atomic mass is 16.1. The number of aromatic amines is 1. The standard InChI is InChI=1S/C17H20N6O2/c1-11(2)22(9-14(18)24)10-15-20-16-13(17(25)21-15)8-19-23(16)12-6-4-3-5-7-12/h3-8,11H,9-10H2,1-2H3,(H2,18,24)(H,20,21,25). The molecule has 8 nitrogen and oxygen atoms in total. The molecule has 25 heavy (non-hydrogen) atoms. The summed E-state index contributed by atoms with van der Waals surface area (Å²) in [7, 11) is 0. The van der Waals surface area contributed by atoms with E-state index >= 15 is 0 Å². The van der Waals surface area contributed by atoms with Gasteiger partial charge in [0.25, 0.3) is 5.56 Å². The summed E-state index contributed by atoms with van der Waals surface area (Å²) in [5.74, 6) is 0.0385. The number of hydrogen-bond acceptors (Lipinski definition) is 5. The Hall–Kier alpha value is -3.00. The topological polar surface area (TPSA) is 110 Å². The van der Waals surface area contributed by atoms with Gasteiger partial charge in [0, 0.05) is 6.04 Å². The largest absolute Gasteiger partial charge is 0.369 e. The Bertz CT molecular complexity index is 945. The number of nitrogens with one attached hydrogen (secondary N) is 1. The number of aromatic nitrogens is 4. The minimum absolute atomic E-state index is 0.0764. The minimum atomic E-state index is -0.425. The molecule has 0 radical (unpaired) electrons. The summed E-state index contributed by atoms with van der Waals surface area (Å²) in [6.07, 6.45) is 1.50. The minimum Gasteiger partial charge on any atom is -0.369 e. The number of carbonyl (C=O) groups is 1. The van der Waals surface area contributed by atoms with E-state index in [1.807, 2.05) is 49.1 Å². The average molecular weight is 340 g/mol.